The van der Waals surface area contributed by atoms with Crippen LogP contribution < -0.4 is 9.46 Å². The number of sulfonamides is 1. The fraction of sp³-hybridized carbons (Fsp3) is 0.552. The number of alkyl halides is 3. The summed E-state index contributed by atoms with van der Waals surface area (Å²) in [4.78, 5) is 14.7. The molecule has 2 bridgehead atoms. The number of hydrogen-bond acceptors (Lipinski definition) is 5. The lowest BCUT2D eigenvalue weighted by Crippen LogP contribution is -2.43. The van der Waals surface area contributed by atoms with E-state index in [1.54, 1.807) is 0 Å². The molecule has 2 aliphatic carbocycles. The number of hydrogen-bond donors (Lipinski definition) is 1. The van der Waals surface area contributed by atoms with Crippen molar-refractivity contribution in [3.05, 3.63) is 63.2 Å². The Balaban J connectivity index is 1.12. The topological polar surface area (TPSA) is 75.7 Å². The molecule has 0 aromatic heterocycles. The van der Waals surface area contributed by atoms with Crippen molar-refractivity contribution in [2.45, 2.75) is 87.3 Å². The molecule has 2 aromatic rings. The summed E-state index contributed by atoms with van der Waals surface area (Å²) in [6, 6.07) is 4.03. The molecular weight excluding hydrogens is 603 g/mol. The maximum Gasteiger partial charge on any atom is 0.416 e. The molecule has 2 aromatic carbocycles. The number of ether oxygens (including phenoxy) is 1. The predicted molar refractivity (Wildman–Crippen MR) is 145 cm³/mol. The number of carbonyl (C=O) groups excluding carboxylic acids is 1. The van der Waals surface area contributed by atoms with E-state index in [1.807, 2.05) is 9.62 Å². The summed E-state index contributed by atoms with van der Waals surface area (Å²) in [7, 11) is -3.82. The first-order valence-electron chi connectivity index (χ1n) is 14.1. The Morgan fingerprint density at radius 2 is 1.67 bits per heavy atom. The fourth-order valence-electron chi connectivity index (χ4n) is 6.34. The van der Waals surface area contributed by atoms with E-state index in [2.05, 4.69) is 0 Å². The monoisotopic (exact) mass is 632 g/mol. The Bertz CT molecular complexity index is 1500. The number of benzene rings is 2. The van der Waals surface area contributed by atoms with Gasteiger partial charge in [-0.15, -0.1) is 0 Å². The van der Waals surface area contributed by atoms with Gasteiger partial charge in [-0.1, -0.05) is 11.6 Å². The number of rotatable bonds is 9. The molecule has 4 fully saturated rings. The number of carbonyl (C=O) groups is 1. The summed E-state index contributed by atoms with van der Waals surface area (Å²) in [5, 5.41) is -1.17. The third-order valence-electron chi connectivity index (χ3n) is 8.80. The van der Waals surface area contributed by atoms with Crippen molar-refractivity contribution in [2.75, 3.05) is 6.61 Å². The Morgan fingerprint density at radius 3 is 2.26 bits per heavy atom. The van der Waals surface area contributed by atoms with Gasteiger partial charge < -0.3 is 4.74 Å². The van der Waals surface area contributed by atoms with E-state index in [0.29, 0.717) is 43.1 Å². The second-order valence-electron chi connectivity index (χ2n) is 12.0. The molecule has 2 heterocycles. The minimum Gasteiger partial charge on any atom is -0.493 e. The van der Waals surface area contributed by atoms with Crippen LogP contribution in [0.3, 0.4) is 0 Å². The molecule has 2 aliphatic heterocycles. The summed E-state index contributed by atoms with van der Waals surface area (Å²) in [6.45, 7) is 0.306. The number of fused-ring (bicyclic) bond motifs is 2. The van der Waals surface area contributed by atoms with Gasteiger partial charge in [-0.2, -0.15) is 13.2 Å². The van der Waals surface area contributed by atoms with Crippen LogP contribution in [0.25, 0.3) is 0 Å². The SMILES string of the molecule is O=C(NS(=O)(=O)C1CC1)c1cc(C2CC2)c(OC[C@H]2C[C@H]3CC[C@@H](C2)N3Cc2cc(C(F)(F)F)cc(Cl)c2F)cc1F. The van der Waals surface area contributed by atoms with Crippen molar-refractivity contribution in [3.8, 4) is 5.75 Å². The highest BCUT2D eigenvalue weighted by molar-refractivity contribution is 7.91. The van der Waals surface area contributed by atoms with Gasteiger partial charge in [0.1, 0.15) is 17.4 Å². The van der Waals surface area contributed by atoms with Gasteiger partial charge in [-0.05, 0) is 87.0 Å². The van der Waals surface area contributed by atoms with Crippen molar-refractivity contribution in [1.82, 2.24) is 9.62 Å². The van der Waals surface area contributed by atoms with Crippen LogP contribution in [0.1, 0.15) is 84.3 Å². The number of halogens is 6. The molecule has 42 heavy (non-hydrogen) atoms. The quantitative estimate of drug-likeness (QED) is 0.317. The van der Waals surface area contributed by atoms with Crippen molar-refractivity contribution in [1.29, 1.82) is 0 Å². The Kier molecular flexibility index (Phi) is 7.71. The molecule has 0 radical (unpaired) electrons. The zero-order valence-corrected chi connectivity index (χ0v) is 24.1. The van der Waals surface area contributed by atoms with Crippen LogP contribution in [0.15, 0.2) is 24.3 Å². The van der Waals surface area contributed by atoms with Gasteiger partial charge in [0, 0.05) is 30.3 Å². The smallest absolute Gasteiger partial charge is 0.416 e. The first kappa shape index (κ1) is 29.6. The van der Waals surface area contributed by atoms with Gasteiger partial charge >= 0.3 is 6.18 Å². The van der Waals surface area contributed by atoms with E-state index in [4.69, 9.17) is 16.3 Å². The third-order valence-corrected chi connectivity index (χ3v) is 10.9. The van der Waals surface area contributed by atoms with E-state index in [9.17, 15) is 30.8 Å². The van der Waals surface area contributed by atoms with Crippen molar-refractivity contribution in [2.24, 2.45) is 5.92 Å². The largest absolute Gasteiger partial charge is 0.493 e. The first-order valence-corrected chi connectivity index (χ1v) is 16.1. The second kappa shape index (κ2) is 10.9. The van der Waals surface area contributed by atoms with Gasteiger partial charge in [-0.25, -0.2) is 21.9 Å². The molecule has 2 saturated heterocycles. The molecule has 0 spiro atoms. The van der Waals surface area contributed by atoms with E-state index >= 15 is 4.39 Å². The van der Waals surface area contributed by atoms with Crippen LogP contribution in [0.4, 0.5) is 22.0 Å². The van der Waals surface area contributed by atoms with Crippen LogP contribution in [-0.2, 0) is 22.7 Å². The van der Waals surface area contributed by atoms with Gasteiger partial charge in [0.2, 0.25) is 10.0 Å². The third kappa shape index (κ3) is 6.12. The highest BCUT2D eigenvalue weighted by atomic mass is 35.5. The maximum atomic E-state index is 15.0. The van der Waals surface area contributed by atoms with Crippen molar-refractivity contribution >= 4 is 27.5 Å². The average molecular weight is 633 g/mol. The van der Waals surface area contributed by atoms with Crippen molar-refractivity contribution in [3.63, 3.8) is 0 Å². The lowest BCUT2D eigenvalue weighted by Gasteiger charge is -2.39. The zero-order valence-electron chi connectivity index (χ0n) is 22.5. The van der Waals surface area contributed by atoms with E-state index in [0.717, 1.165) is 37.8 Å². The molecule has 3 atom stereocenters. The minimum absolute atomic E-state index is 0.0232. The molecular formula is C29H30ClF5N2O4S. The molecule has 6 nitrogen and oxygen atoms in total. The average Bonchev–Trinajstić information content (AvgIpc) is 3.81. The van der Waals surface area contributed by atoms with E-state index < -0.39 is 49.6 Å². The van der Waals surface area contributed by atoms with Crippen LogP contribution in [0, 0.1) is 17.6 Å². The number of nitrogens with one attached hydrogen (secondary N) is 1. The van der Waals surface area contributed by atoms with Crippen LogP contribution in [0.2, 0.25) is 5.02 Å². The molecule has 1 amide bonds. The highest BCUT2D eigenvalue weighted by Gasteiger charge is 2.42. The molecule has 6 rings (SSSR count). The summed E-state index contributed by atoms with van der Waals surface area (Å²) in [5.41, 5.74) is -0.726. The lowest BCUT2D eigenvalue weighted by molar-refractivity contribution is -0.137. The second-order valence-corrected chi connectivity index (χ2v) is 14.3. The van der Waals surface area contributed by atoms with Gasteiger partial charge in [-0.3, -0.25) is 9.69 Å². The summed E-state index contributed by atoms with van der Waals surface area (Å²) >= 11 is 5.79. The molecule has 4 aliphatic rings. The van der Waals surface area contributed by atoms with Crippen molar-refractivity contribution < 1.29 is 39.9 Å². The van der Waals surface area contributed by atoms with Crippen LogP contribution in [0.5, 0.6) is 5.75 Å². The minimum atomic E-state index is -4.63. The predicted octanol–water partition coefficient (Wildman–Crippen LogP) is 6.56. The summed E-state index contributed by atoms with van der Waals surface area (Å²) in [5.74, 6) is -2.18. The first-order chi connectivity index (χ1) is 19.8. The molecule has 2 saturated carbocycles. The molecule has 13 heteroatoms. The summed E-state index contributed by atoms with van der Waals surface area (Å²) < 4.78 is 102. The summed E-state index contributed by atoms with van der Waals surface area (Å²) in [6.07, 6.45) is 1.03. The highest BCUT2D eigenvalue weighted by Crippen LogP contribution is 2.46. The van der Waals surface area contributed by atoms with Gasteiger partial charge in [0.05, 0.1) is 28.0 Å². The molecule has 1 N–H and O–H groups in total. The van der Waals surface area contributed by atoms with E-state index in [-0.39, 0.29) is 48.2 Å². The lowest BCUT2D eigenvalue weighted by atomic mass is 9.90. The number of nitrogens with zero attached hydrogens (tertiary/aromatic N) is 1. The normalized spacial score (nSPS) is 24.6. The number of amides is 1. The van der Waals surface area contributed by atoms with Crippen LogP contribution in [-0.4, -0.2) is 43.2 Å². The number of piperidine rings is 1. The van der Waals surface area contributed by atoms with E-state index in [1.165, 1.54) is 6.07 Å². The van der Waals surface area contributed by atoms with Gasteiger partial charge in [0.25, 0.3) is 5.91 Å². The maximum absolute atomic E-state index is 15.0. The Morgan fingerprint density at radius 1 is 1.00 bits per heavy atom. The van der Waals surface area contributed by atoms with Gasteiger partial charge in [0.15, 0.2) is 0 Å². The van der Waals surface area contributed by atoms with Crippen LogP contribution >= 0.6 is 11.6 Å². The Hall–Kier alpha value is -2.44. The Labute approximate surface area is 245 Å². The molecule has 228 valence electrons. The fourth-order valence-corrected chi connectivity index (χ4v) is 7.87. The standard InChI is InChI=1S/C29H30ClF5N2O4S/c30-24-10-18(29(33,34)35)9-17(27(24)32)13-37-19-3-4-20(37)8-15(7-19)14-41-26-12-25(31)23(11-22(26)16-1-2-16)28(38)36-42(39,40)21-5-6-21/h9-12,15-16,19-21H,1-8,13-14H2,(H,36,38)/t15-,19+,20-. The molecule has 0 unspecified atom stereocenters. The zero-order chi connectivity index (χ0) is 30.0.